The normalized spacial score (nSPS) is 15.5. The summed E-state index contributed by atoms with van der Waals surface area (Å²) in [5.41, 5.74) is 1.04. The lowest BCUT2D eigenvalue weighted by molar-refractivity contribution is -0.128. The Hall–Kier alpha value is -1.10. The van der Waals surface area contributed by atoms with Gasteiger partial charge >= 0.3 is 0 Å². The number of carbonyl (C=O) groups excluding carboxylic acids is 1. The molecule has 0 spiro atoms. The molecule has 2 heterocycles. The molecule has 1 aliphatic heterocycles. The summed E-state index contributed by atoms with van der Waals surface area (Å²) in [6.07, 6.45) is 2.28. The van der Waals surface area contributed by atoms with Crippen molar-refractivity contribution in [1.82, 2.24) is 9.88 Å². The van der Waals surface area contributed by atoms with Gasteiger partial charge in [0.1, 0.15) is 0 Å². The van der Waals surface area contributed by atoms with E-state index in [9.17, 15) is 4.79 Å². The van der Waals surface area contributed by atoms with Crippen molar-refractivity contribution >= 4 is 22.4 Å². The van der Waals surface area contributed by atoms with Gasteiger partial charge in [-0.25, -0.2) is 4.98 Å². The molecule has 0 unspecified atom stereocenters. The molecule has 0 radical (unpaired) electrons. The molecule has 1 aliphatic rings. The molecule has 0 aliphatic carbocycles. The summed E-state index contributed by atoms with van der Waals surface area (Å²) < 4.78 is 0. The Bertz CT molecular complexity index is 363. The lowest BCUT2D eigenvalue weighted by Crippen LogP contribution is -2.32. The van der Waals surface area contributed by atoms with E-state index < -0.39 is 0 Å². The monoisotopic (exact) mass is 239 g/mol. The van der Waals surface area contributed by atoms with Crippen molar-refractivity contribution in [2.75, 3.05) is 25.0 Å². The number of aromatic nitrogens is 1. The minimum Gasteiger partial charge on any atom is -0.352 e. The van der Waals surface area contributed by atoms with Crippen LogP contribution >= 0.6 is 11.3 Å². The first-order valence-corrected chi connectivity index (χ1v) is 6.44. The maximum Gasteiger partial charge on any atom is 0.241 e. The number of carbonyl (C=O) groups is 1. The standard InChI is InChI=1S/C11H17N3OS/c1-8-9(2)16-11(13-8)12-7-10(15)14-5-3-4-6-14/h3-7H2,1-2H3,(H,12,13). The third-order valence-electron chi connectivity index (χ3n) is 2.88. The van der Waals surface area contributed by atoms with E-state index in [0.717, 1.165) is 36.8 Å². The lowest BCUT2D eigenvalue weighted by atomic mass is 10.4. The van der Waals surface area contributed by atoms with Crippen LogP contribution in [0.4, 0.5) is 5.13 Å². The fraction of sp³-hybridized carbons (Fsp3) is 0.636. The Balaban J connectivity index is 1.84. The van der Waals surface area contributed by atoms with Crippen LogP contribution in [-0.2, 0) is 4.79 Å². The molecule has 0 bridgehead atoms. The summed E-state index contributed by atoms with van der Waals surface area (Å²) in [7, 11) is 0. The van der Waals surface area contributed by atoms with Crippen LogP contribution in [0.2, 0.25) is 0 Å². The Morgan fingerprint density at radius 2 is 2.12 bits per heavy atom. The third-order valence-corrected chi connectivity index (χ3v) is 3.91. The summed E-state index contributed by atoms with van der Waals surface area (Å²) in [5.74, 6) is 0.183. The van der Waals surface area contributed by atoms with Crippen molar-refractivity contribution in [1.29, 1.82) is 0 Å². The summed E-state index contributed by atoms with van der Waals surface area (Å²) >= 11 is 1.61. The second-order valence-corrected chi connectivity index (χ2v) is 5.31. The van der Waals surface area contributed by atoms with Crippen LogP contribution in [0.1, 0.15) is 23.4 Å². The minimum absolute atomic E-state index is 0.183. The van der Waals surface area contributed by atoms with Crippen LogP contribution in [0, 0.1) is 13.8 Å². The van der Waals surface area contributed by atoms with Crippen LogP contribution in [0.15, 0.2) is 0 Å². The molecule has 1 amide bonds. The van der Waals surface area contributed by atoms with E-state index in [1.807, 2.05) is 18.7 Å². The van der Waals surface area contributed by atoms with Crippen molar-refractivity contribution < 1.29 is 4.79 Å². The summed E-state index contributed by atoms with van der Waals surface area (Å²) in [4.78, 5) is 19.2. The number of anilines is 1. The molecule has 1 aromatic rings. The molecule has 1 N–H and O–H groups in total. The zero-order valence-corrected chi connectivity index (χ0v) is 10.6. The predicted octanol–water partition coefficient (Wildman–Crippen LogP) is 1.79. The molecule has 4 nitrogen and oxygen atoms in total. The molecule has 1 fully saturated rings. The highest BCUT2D eigenvalue weighted by Crippen LogP contribution is 2.20. The highest BCUT2D eigenvalue weighted by Gasteiger charge is 2.17. The molecule has 0 aromatic carbocycles. The molecule has 5 heteroatoms. The predicted molar refractivity (Wildman–Crippen MR) is 65.9 cm³/mol. The van der Waals surface area contributed by atoms with Crippen LogP contribution in [-0.4, -0.2) is 35.4 Å². The summed E-state index contributed by atoms with van der Waals surface area (Å²) in [5, 5.41) is 3.95. The molecular weight excluding hydrogens is 222 g/mol. The average molecular weight is 239 g/mol. The van der Waals surface area contributed by atoms with E-state index >= 15 is 0 Å². The number of hydrogen-bond acceptors (Lipinski definition) is 4. The van der Waals surface area contributed by atoms with Gasteiger partial charge in [0.25, 0.3) is 0 Å². The van der Waals surface area contributed by atoms with Crippen LogP contribution in [0.3, 0.4) is 0 Å². The average Bonchev–Trinajstić information content (AvgIpc) is 2.86. The number of nitrogens with one attached hydrogen (secondary N) is 1. The fourth-order valence-electron chi connectivity index (χ4n) is 1.78. The van der Waals surface area contributed by atoms with E-state index in [0.29, 0.717) is 6.54 Å². The van der Waals surface area contributed by atoms with Gasteiger partial charge in [0, 0.05) is 18.0 Å². The van der Waals surface area contributed by atoms with E-state index in [1.54, 1.807) is 11.3 Å². The van der Waals surface area contributed by atoms with E-state index in [1.165, 1.54) is 4.88 Å². The Morgan fingerprint density at radius 1 is 1.44 bits per heavy atom. The van der Waals surface area contributed by atoms with E-state index in [4.69, 9.17) is 0 Å². The lowest BCUT2D eigenvalue weighted by Gasteiger charge is -2.14. The van der Waals surface area contributed by atoms with Gasteiger partial charge in [-0.2, -0.15) is 0 Å². The number of amides is 1. The zero-order valence-electron chi connectivity index (χ0n) is 9.75. The molecule has 16 heavy (non-hydrogen) atoms. The topological polar surface area (TPSA) is 45.2 Å². The molecule has 1 aromatic heterocycles. The number of hydrogen-bond donors (Lipinski definition) is 1. The van der Waals surface area contributed by atoms with Crippen molar-refractivity contribution in [3.63, 3.8) is 0 Å². The quantitative estimate of drug-likeness (QED) is 0.874. The van der Waals surface area contributed by atoms with Gasteiger partial charge in [-0.3, -0.25) is 4.79 Å². The largest absolute Gasteiger partial charge is 0.352 e. The first-order valence-electron chi connectivity index (χ1n) is 5.62. The van der Waals surface area contributed by atoms with Crippen molar-refractivity contribution in [2.24, 2.45) is 0 Å². The Labute approximate surface area is 99.7 Å². The molecular formula is C11H17N3OS. The van der Waals surface area contributed by atoms with Gasteiger partial charge in [0.05, 0.1) is 12.2 Å². The van der Waals surface area contributed by atoms with E-state index in [2.05, 4.69) is 10.3 Å². The van der Waals surface area contributed by atoms with Crippen LogP contribution in [0.25, 0.3) is 0 Å². The van der Waals surface area contributed by atoms with Gasteiger partial charge in [-0.05, 0) is 26.7 Å². The highest BCUT2D eigenvalue weighted by molar-refractivity contribution is 7.15. The van der Waals surface area contributed by atoms with Gasteiger partial charge in [-0.15, -0.1) is 11.3 Å². The number of thiazole rings is 1. The maximum absolute atomic E-state index is 11.8. The highest BCUT2D eigenvalue weighted by atomic mass is 32.1. The Morgan fingerprint density at radius 3 is 2.69 bits per heavy atom. The molecule has 0 atom stereocenters. The second-order valence-electron chi connectivity index (χ2n) is 4.10. The van der Waals surface area contributed by atoms with Crippen LogP contribution < -0.4 is 5.32 Å². The first kappa shape index (κ1) is 11.4. The number of aryl methyl sites for hydroxylation is 2. The first-order chi connectivity index (χ1) is 7.66. The molecule has 88 valence electrons. The molecule has 0 saturated carbocycles. The minimum atomic E-state index is 0.183. The van der Waals surface area contributed by atoms with Crippen molar-refractivity contribution in [3.05, 3.63) is 10.6 Å². The zero-order chi connectivity index (χ0) is 11.5. The Kier molecular flexibility index (Phi) is 3.43. The number of nitrogens with zero attached hydrogens (tertiary/aromatic N) is 2. The number of likely N-dealkylation sites (tertiary alicyclic amines) is 1. The third kappa shape index (κ3) is 2.52. The van der Waals surface area contributed by atoms with Gasteiger partial charge in [-0.1, -0.05) is 0 Å². The molecule has 1 saturated heterocycles. The smallest absolute Gasteiger partial charge is 0.241 e. The van der Waals surface area contributed by atoms with Gasteiger partial charge in [0.2, 0.25) is 5.91 Å². The number of rotatable bonds is 3. The summed E-state index contributed by atoms with van der Waals surface area (Å²) in [6, 6.07) is 0. The van der Waals surface area contributed by atoms with Crippen molar-refractivity contribution in [3.8, 4) is 0 Å². The van der Waals surface area contributed by atoms with Crippen molar-refractivity contribution in [2.45, 2.75) is 26.7 Å². The molecule has 2 rings (SSSR count). The SMILES string of the molecule is Cc1nc(NCC(=O)N2CCCC2)sc1C. The van der Waals surface area contributed by atoms with Gasteiger partial charge in [0.15, 0.2) is 5.13 Å². The second kappa shape index (κ2) is 4.82. The van der Waals surface area contributed by atoms with Crippen LogP contribution in [0.5, 0.6) is 0 Å². The summed E-state index contributed by atoms with van der Waals surface area (Å²) in [6.45, 7) is 6.22. The van der Waals surface area contributed by atoms with Gasteiger partial charge < -0.3 is 10.2 Å². The fourth-order valence-corrected chi connectivity index (χ4v) is 2.59. The van der Waals surface area contributed by atoms with E-state index in [-0.39, 0.29) is 5.91 Å². The maximum atomic E-state index is 11.8.